The normalized spacial score (nSPS) is 18.1. The van der Waals surface area contributed by atoms with Crippen molar-refractivity contribution in [2.75, 3.05) is 19.6 Å². The first-order valence-electron chi connectivity index (χ1n) is 8.02. The molecule has 124 valence electrons. The minimum absolute atomic E-state index is 0.0461. The standard InChI is InChI=1S/C17H17BrN4O2/c18-12-3-1-11(2-4-12)14-9-15(20-19-14)17(24)21-7-8-22(13-5-6-13)16(23)10-21/h1-4,9,13H,5-8,10H2,(H,19,20). The highest BCUT2D eigenvalue weighted by Crippen LogP contribution is 2.28. The number of aromatic nitrogens is 2. The molecule has 1 aliphatic carbocycles. The first-order valence-corrected chi connectivity index (χ1v) is 8.81. The van der Waals surface area contributed by atoms with E-state index in [1.165, 1.54) is 0 Å². The summed E-state index contributed by atoms with van der Waals surface area (Å²) >= 11 is 3.40. The Balaban J connectivity index is 1.47. The summed E-state index contributed by atoms with van der Waals surface area (Å²) in [7, 11) is 0. The average molecular weight is 389 g/mol. The zero-order chi connectivity index (χ0) is 16.7. The summed E-state index contributed by atoms with van der Waals surface area (Å²) in [6.07, 6.45) is 2.19. The average Bonchev–Trinajstić information content (AvgIpc) is 3.31. The van der Waals surface area contributed by atoms with Crippen LogP contribution in [0.15, 0.2) is 34.8 Å². The highest BCUT2D eigenvalue weighted by Gasteiger charge is 2.37. The molecule has 1 saturated carbocycles. The van der Waals surface area contributed by atoms with E-state index in [0.717, 1.165) is 22.9 Å². The largest absolute Gasteiger partial charge is 0.336 e. The topological polar surface area (TPSA) is 69.3 Å². The fourth-order valence-corrected chi connectivity index (χ4v) is 3.27. The minimum Gasteiger partial charge on any atom is -0.336 e. The Bertz CT molecular complexity index is 782. The lowest BCUT2D eigenvalue weighted by atomic mass is 10.1. The maximum absolute atomic E-state index is 12.6. The monoisotopic (exact) mass is 388 g/mol. The van der Waals surface area contributed by atoms with Gasteiger partial charge in [0.1, 0.15) is 12.2 Å². The maximum Gasteiger partial charge on any atom is 0.272 e. The van der Waals surface area contributed by atoms with Gasteiger partial charge in [-0.1, -0.05) is 28.1 Å². The molecule has 6 nitrogen and oxygen atoms in total. The van der Waals surface area contributed by atoms with Gasteiger partial charge in [0.25, 0.3) is 5.91 Å². The molecule has 4 rings (SSSR count). The second kappa shape index (κ2) is 6.05. The molecule has 0 bridgehead atoms. The second-order valence-electron chi connectivity index (χ2n) is 6.22. The number of nitrogens with one attached hydrogen (secondary N) is 1. The van der Waals surface area contributed by atoms with Crippen molar-refractivity contribution < 1.29 is 9.59 Å². The van der Waals surface area contributed by atoms with E-state index in [0.29, 0.717) is 30.5 Å². The summed E-state index contributed by atoms with van der Waals surface area (Å²) in [6, 6.07) is 9.89. The molecule has 24 heavy (non-hydrogen) atoms. The predicted molar refractivity (Wildman–Crippen MR) is 92.4 cm³/mol. The van der Waals surface area contributed by atoms with Crippen molar-refractivity contribution in [3.8, 4) is 11.3 Å². The molecule has 1 N–H and O–H groups in total. The third-order valence-corrected chi connectivity index (χ3v) is 5.01. The summed E-state index contributed by atoms with van der Waals surface area (Å²) in [5.41, 5.74) is 2.07. The number of amides is 2. The van der Waals surface area contributed by atoms with Crippen molar-refractivity contribution in [1.82, 2.24) is 20.0 Å². The van der Waals surface area contributed by atoms with Crippen molar-refractivity contribution in [3.05, 3.63) is 40.5 Å². The Labute approximate surface area is 148 Å². The van der Waals surface area contributed by atoms with Crippen LogP contribution in [0.2, 0.25) is 0 Å². The summed E-state index contributed by atoms with van der Waals surface area (Å²) in [4.78, 5) is 28.3. The zero-order valence-corrected chi connectivity index (χ0v) is 14.6. The summed E-state index contributed by atoms with van der Waals surface area (Å²) in [5, 5.41) is 7.02. The molecule has 1 aromatic heterocycles. The number of rotatable bonds is 3. The lowest BCUT2D eigenvalue weighted by molar-refractivity contribution is -0.135. The molecule has 0 radical (unpaired) electrons. The van der Waals surface area contributed by atoms with Crippen LogP contribution in [0, 0.1) is 0 Å². The molecule has 2 amide bonds. The molecule has 0 atom stereocenters. The van der Waals surface area contributed by atoms with Crippen LogP contribution in [0.4, 0.5) is 0 Å². The van der Waals surface area contributed by atoms with E-state index in [1.807, 2.05) is 29.2 Å². The third-order valence-electron chi connectivity index (χ3n) is 4.48. The second-order valence-corrected chi connectivity index (χ2v) is 7.13. The number of halogens is 1. The highest BCUT2D eigenvalue weighted by atomic mass is 79.9. The van der Waals surface area contributed by atoms with Gasteiger partial charge in [-0.15, -0.1) is 0 Å². The quantitative estimate of drug-likeness (QED) is 0.876. The molecule has 7 heteroatoms. The van der Waals surface area contributed by atoms with Gasteiger partial charge in [-0.25, -0.2) is 0 Å². The van der Waals surface area contributed by atoms with E-state index in [9.17, 15) is 9.59 Å². The van der Waals surface area contributed by atoms with E-state index in [-0.39, 0.29) is 18.4 Å². The lowest BCUT2D eigenvalue weighted by Gasteiger charge is -2.34. The predicted octanol–water partition coefficient (Wildman–Crippen LogP) is 2.29. The molecule has 1 saturated heterocycles. The molecule has 2 aromatic rings. The number of piperazine rings is 1. The maximum atomic E-state index is 12.6. The smallest absolute Gasteiger partial charge is 0.272 e. The number of nitrogens with zero attached hydrogens (tertiary/aromatic N) is 3. The van der Waals surface area contributed by atoms with Crippen molar-refractivity contribution in [3.63, 3.8) is 0 Å². The highest BCUT2D eigenvalue weighted by molar-refractivity contribution is 9.10. The summed E-state index contributed by atoms with van der Waals surface area (Å²) in [5.74, 6) is -0.126. The van der Waals surface area contributed by atoms with Gasteiger partial charge < -0.3 is 9.80 Å². The molecule has 1 aliphatic heterocycles. The number of benzene rings is 1. The Morgan fingerprint density at radius 1 is 1.21 bits per heavy atom. The van der Waals surface area contributed by atoms with Crippen molar-refractivity contribution >= 4 is 27.7 Å². The van der Waals surface area contributed by atoms with Gasteiger partial charge in [0.15, 0.2) is 0 Å². The molecular weight excluding hydrogens is 372 g/mol. The van der Waals surface area contributed by atoms with E-state index < -0.39 is 0 Å². The molecular formula is C17H17BrN4O2. The van der Waals surface area contributed by atoms with Crippen molar-refractivity contribution in [1.29, 1.82) is 0 Å². The van der Waals surface area contributed by atoms with Crippen LogP contribution in [0.1, 0.15) is 23.3 Å². The van der Waals surface area contributed by atoms with Crippen LogP contribution in [0.3, 0.4) is 0 Å². The van der Waals surface area contributed by atoms with Gasteiger partial charge in [0, 0.05) is 29.2 Å². The van der Waals surface area contributed by atoms with Gasteiger partial charge in [0.05, 0.1) is 5.69 Å². The van der Waals surface area contributed by atoms with E-state index in [1.54, 1.807) is 11.0 Å². The fourth-order valence-electron chi connectivity index (χ4n) is 3.00. The van der Waals surface area contributed by atoms with Crippen LogP contribution in [0.25, 0.3) is 11.3 Å². The number of aromatic amines is 1. The van der Waals surface area contributed by atoms with Crippen LogP contribution in [0.5, 0.6) is 0 Å². The number of H-pyrrole nitrogens is 1. The molecule has 2 fully saturated rings. The third kappa shape index (κ3) is 2.96. The molecule has 0 spiro atoms. The minimum atomic E-state index is -0.172. The van der Waals surface area contributed by atoms with Crippen LogP contribution in [-0.2, 0) is 4.79 Å². The Morgan fingerprint density at radius 3 is 2.62 bits per heavy atom. The lowest BCUT2D eigenvalue weighted by Crippen LogP contribution is -2.52. The summed E-state index contributed by atoms with van der Waals surface area (Å²) in [6.45, 7) is 1.36. The van der Waals surface area contributed by atoms with E-state index >= 15 is 0 Å². The van der Waals surface area contributed by atoms with Gasteiger partial charge in [-0.05, 0) is 31.0 Å². The van der Waals surface area contributed by atoms with E-state index in [2.05, 4.69) is 26.1 Å². The number of carbonyl (C=O) groups is 2. The number of hydrogen-bond donors (Lipinski definition) is 1. The van der Waals surface area contributed by atoms with Crippen LogP contribution in [-0.4, -0.2) is 57.5 Å². The van der Waals surface area contributed by atoms with E-state index in [4.69, 9.17) is 0 Å². The first-order chi connectivity index (χ1) is 11.6. The van der Waals surface area contributed by atoms with Crippen LogP contribution >= 0.6 is 15.9 Å². The molecule has 2 heterocycles. The van der Waals surface area contributed by atoms with Crippen molar-refractivity contribution in [2.45, 2.75) is 18.9 Å². The first kappa shape index (κ1) is 15.4. The van der Waals surface area contributed by atoms with Crippen LogP contribution < -0.4 is 0 Å². The van der Waals surface area contributed by atoms with Gasteiger partial charge in [-0.2, -0.15) is 5.10 Å². The number of hydrogen-bond acceptors (Lipinski definition) is 3. The van der Waals surface area contributed by atoms with Crippen molar-refractivity contribution in [2.24, 2.45) is 0 Å². The molecule has 2 aliphatic rings. The van der Waals surface area contributed by atoms with Gasteiger partial charge in [0.2, 0.25) is 5.91 Å². The molecule has 1 aromatic carbocycles. The van der Waals surface area contributed by atoms with Gasteiger partial charge in [-0.3, -0.25) is 14.7 Å². The fraction of sp³-hybridized carbons (Fsp3) is 0.353. The Hall–Kier alpha value is -2.15. The summed E-state index contributed by atoms with van der Waals surface area (Å²) < 4.78 is 0.991. The zero-order valence-electron chi connectivity index (χ0n) is 13.0. The van der Waals surface area contributed by atoms with Gasteiger partial charge >= 0.3 is 0 Å². The SMILES string of the molecule is O=C(c1cc(-c2ccc(Br)cc2)n[nH]1)N1CCN(C2CC2)C(=O)C1. The number of carbonyl (C=O) groups excluding carboxylic acids is 2. The Morgan fingerprint density at radius 2 is 1.96 bits per heavy atom. The molecule has 0 unspecified atom stereocenters. The Kier molecular flexibility index (Phi) is 3.88.